The highest BCUT2D eigenvalue weighted by Gasteiger charge is 2.27. The summed E-state index contributed by atoms with van der Waals surface area (Å²) in [7, 11) is 1.70. The third-order valence-corrected chi connectivity index (χ3v) is 4.12. The Morgan fingerprint density at radius 1 is 1.22 bits per heavy atom. The molecule has 3 nitrogen and oxygen atoms in total. The predicted molar refractivity (Wildman–Crippen MR) is 70.9 cm³/mol. The van der Waals surface area contributed by atoms with Crippen LogP contribution in [0, 0.1) is 0 Å². The molecule has 0 N–H and O–H groups in total. The Balaban J connectivity index is 1.76. The summed E-state index contributed by atoms with van der Waals surface area (Å²) >= 11 is 0. The number of ether oxygens (including phenoxy) is 2. The third-order valence-electron chi connectivity index (χ3n) is 4.12. The van der Waals surface area contributed by atoms with Gasteiger partial charge in [0.25, 0.3) is 0 Å². The van der Waals surface area contributed by atoms with Gasteiger partial charge in [-0.3, -0.25) is 4.90 Å². The first-order valence-electron chi connectivity index (χ1n) is 6.91. The van der Waals surface area contributed by atoms with E-state index in [4.69, 9.17) is 9.47 Å². The fourth-order valence-electron chi connectivity index (χ4n) is 3.10. The molecule has 0 bridgehead atoms. The van der Waals surface area contributed by atoms with E-state index in [1.165, 1.54) is 37.7 Å². The van der Waals surface area contributed by atoms with Crippen LogP contribution in [0.25, 0.3) is 0 Å². The largest absolute Gasteiger partial charge is 0.493 e. The van der Waals surface area contributed by atoms with Crippen LogP contribution in [0.4, 0.5) is 0 Å². The highest BCUT2D eigenvalue weighted by atomic mass is 16.5. The highest BCUT2D eigenvalue weighted by Crippen LogP contribution is 2.36. The lowest BCUT2D eigenvalue weighted by atomic mass is 9.94. The molecule has 2 aliphatic rings. The standard InChI is InChI=1S/C15H21NO2/c1-17-14-9-5-6-12-10-16(11-18-15(12)14)13-7-3-2-4-8-13/h5-6,9,13H,2-4,7-8,10-11H2,1H3. The molecule has 0 aromatic heterocycles. The second-order valence-electron chi connectivity index (χ2n) is 5.26. The van der Waals surface area contributed by atoms with Crippen LogP contribution in [-0.4, -0.2) is 24.8 Å². The Labute approximate surface area is 109 Å². The van der Waals surface area contributed by atoms with Crippen LogP contribution in [-0.2, 0) is 6.54 Å². The molecule has 0 amide bonds. The van der Waals surface area contributed by atoms with E-state index in [0.29, 0.717) is 12.8 Å². The molecule has 0 spiro atoms. The van der Waals surface area contributed by atoms with Crippen molar-refractivity contribution in [3.63, 3.8) is 0 Å². The monoisotopic (exact) mass is 247 g/mol. The molecule has 1 heterocycles. The Bertz CT molecular complexity index is 413. The Morgan fingerprint density at radius 2 is 2.06 bits per heavy atom. The zero-order valence-electron chi connectivity index (χ0n) is 11.0. The van der Waals surface area contributed by atoms with E-state index in [1.807, 2.05) is 12.1 Å². The molecular weight excluding hydrogens is 226 g/mol. The maximum atomic E-state index is 5.91. The van der Waals surface area contributed by atoms with E-state index in [0.717, 1.165) is 18.0 Å². The van der Waals surface area contributed by atoms with Gasteiger partial charge in [0.2, 0.25) is 0 Å². The summed E-state index contributed by atoms with van der Waals surface area (Å²) in [5, 5.41) is 0. The van der Waals surface area contributed by atoms with Gasteiger partial charge >= 0.3 is 0 Å². The molecule has 1 saturated carbocycles. The maximum absolute atomic E-state index is 5.91. The second-order valence-corrected chi connectivity index (χ2v) is 5.26. The molecule has 1 aliphatic carbocycles. The minimum Gasteiger partial charge on any atom is -0.493 e. The van der Waals surface area contributed by atoms with Crippen molar-refractivity contribution >= 4 is 0 Å². The Kier molecular flexibility index (Phi) is 3.41. The van der Waals surface area contributed by atoms with Gasteiger partial charge in [-0.1, -0.05) is 31.4 Å². The van der Waals surface area contributed by atoms with Gasteiger partial charge in [-0.05, 0) is 18.9 Å². The van der Waals surface area contributed by atoms with E-state index >= 15 is 0 Å². The predicted octanol–water partition coefficient (Wildman–Crippen LogP) is 3.18. The summed E-state index contributed by atoms with van der Waals surface area (Å²) in [5.41, 5.74) is 1.26. The van der Waals surface area contributed by atoms with Gasteiger partial charge in [0.1, 0.15) is 6.73 Å². The minimum absolute atomic E-state index is 0.706. The lowest BCUT2D eigenvalue weighted by Gasteiger charge is -2.37. The number of hydrogen-bond donors (Lipinski definition) is 0. The highest BCUT2D eigenvalue weighted by molar-refractivity contribution is 5.47. The van der Waals surface area contributed by atoms with Crippen LogP contribution in [0.15, 0.2) is 18.2 Å². The molecule has 18 heavy (non-hydrogen) atoms. The van der Waals surface area contributed by atoms with Crippen molar-refractivity contribution in [2.75, 3.05) is 13.8 Å². The number of fused-ring (bicyclic) bond motifs is 1. The van der Waals surface area contributed by atoms with E-state index < -0.39 is 0 Å². The first-order chi connectivity index (χ1) is 8.88. The molecular formula is C15H21NO2. The zero-order valence-corrected chi connectivity index (χ0v) is 11.0. The van der Waals surface area contributed by atoms with E-state index in [9.17, 15) is 0 Å². The quantitative estimate of drug-likeness (QED) is 0.801. The van der Waals surface area contributed by atoms with Crippen LogP contribution in [0.3, 0.4) is 0 Å². The molecule has 0 atom stereocenters. The molecule has 3 heteroatoms. The average molecular weight is 247 g/mol. The maximum Gasteiger partial charge on any atom is 0.167 e. The van der Waals surface area contributed by atoms with Crippen molar-refractivity contribution in [3.05, 3.63) is 23.8 Å². The SMILES string of the molecule is COc1cccc2c1OCN(C1CCCCC1)C2. The first kappa shape index (κ1) is 11.8. The third kappa shape index (κ3) is 2.19. The lowest BCUT2D eigenvalue weighted by molar-refractivity contribution is 0.0384. The molecule has 1 aromatic carbocycles. The number of benzene rings is 1. The second kappa shape index (κ2) is 5.19. The Hall–Kier alpha value is -1.22. The van der Waals surface area contributed by atoms with Gasteiger partial charge in [0.15, 0.2) is 11.5 Å². The average Bonchev–Trinajstić information content (AvgIpc) is 2.47. The summed E-state index contributed by atoms with van der Waals surface area (Å²) in [6.07, 6.45) is 6.78. The molecule has 0 saturated heterocycles. The molecule has 1 aromatic rings. The van der Waals surface area contributed by atoms with Crippen LogP contribution in [0.5, 0.6) is 11.5 Å². The topological polar surface area (TPSA) is 21.7 Å². The van der Waals surface area contributed by atoms with Crippen molar-refractivity contribution in [2.24, 2.45) is 0 Å². The molecule has 1 aliphatic heterocycles. The van der Waals surface area contributed by atoms with Gasteiger partial charge in [-0.15, -0.1) is 0 Å². The summed E-state index contributed by atoms with van der Waals surface area (Å²) < 4.78 is 11.3. The number of nitrogens with zero attached hydrogens (tertiary/aromatic N) is 1. The van der Waals surface area contributed by atoms with Gasteiger partial charge < -0.3 is 9.47 Å². The lowest BCUT2D eigenvalue weighted by Crippen LogP contribution is -2.41. The zero-order chi connectivity index (χ0) is 12.4. The minimum atomic E-state index is 0.706. The number of methoxy groups -OCH3 is 1. The van der Waals surface area contributed by atoms with Crippen molar-refractivity contribution in [3.8, 4) is 11.5 Å². The van der Waals surface area contributed by atoms with Crippen LogP contribution in [0.2, 0.25) is 0 Å². The summed E-state index contributed by atoms with van der Waals surface area (Å²) in [5.74, 6) is 1.79. The Morgan fingerprint density at radius 3 is 2.83 bits per heavy atom. The van der Waals surface area contributed by atoms with Crippen LogP contribution in [0.1, 0.15) is 37.7 Å². The van der Waals surface area contributed by atoms with Crippen molar-refractivity contribution in [2.45, 2.75) is 44.7 Å². The van der Waals surface area contributed by atoms with Gasteiger partial charge in [-0.2, -0.15) is 0 Å². The van der Waals surface area contributed by atoms with Crippen molar-refractivity contribution in [1.29, 1.82) is 0 Å². The summed E-state index contributed by atoms with van der Waals surface area (Å²) in [6.45, 7) is 1.70. The van der Waals surface area contributed by atoms with Gasteiger partial charge in [-0.25, -0.2) is 0 Å². The number of rotatable bonds is 2. The smallest absolute Gasteiger partial charge is 0.167 e. The summed E-state index contributed by atoms with van der Waals surface area (Å²) in [6, 6.07) is 6.87. The van der Waals surface area contributed by atoms with Crippen molar-refractivity contribution < 1.29 is 9.47 Å². The summed E-state index contributed by atoms with van der Waals surface area (Å²) in [4.78, 5) is 2.47. The number of para-hydroxylation sites is 1. The fourth-order valence-corrected chi connectivity index (χ4v) is 3.10. The molecule has 0 unspecified atom stereocenters. The number of hydrogen-bond acceptors (Lipinski definition) is 3. The van der Waals surface area contributed by atoms with E-state index in [1.54, 1.807) is 7.11 Å². The van der Waals surface area contributed by atoms with E-state index in [-0.39, 0.29) is 0 Å². The first-order valence-corrected chi connectivity index (χ1v) is 6.91. The van der Waals surface area contributed by atoms with Crippen LogP contribution >= 0.6 is 0 Å². The molecule has 1 fully saturated rings. The normalized spacial score (nSPS) is 21.2. The molecule has 0 radical (unpaired) electrons. The van der Waals surface area contributed by atoms with E-state index in [2.05, 4.69) is 11.0 Å². The van der Waals surface area contributed by atoms with Gasteiger partial charge in [0.05, 0.1) is 7.11 Å². The van der Waals surface area contributed by atoms with Gasteiger partial charge in [0, 0.05) is 18.2 Å². The van der Waals surface area contributed by atoms with Crippen molar-refractivity contribution in [1.82, 2.24) is 4.90 Å². The molecule has 98 valence electrons. The fraction of sp³-hybridized carbons (Fsp3) is 0.600. The molecule has 3 rings (SSSR count). The van der Waals surface area contributed by atoms with Crippen LogP contribution < -0.4 is 9.47 Å².